The number of carbonyl (C=O) groups excluding carboxylic acids is 3. The largest absolute Gasteiger partial charge is 0.493 e. The van der Waals surface area contributed by atoms with E-state index in [0.717, 1.165) is 16.7 Å². The lowest BCUT2D eigenvalue weighted by molar-refractivity contribution is -0.139. The van der Waals surface area contributed by atoms with Gasteiger partial charge < -0.3 is 19.1 Å². The number of thioether (sulfide) groups is 1. The maximum atomic E-state index is 13.9. The summed E-state index contributed by atoms with van der Waals surface area (Å²) in [7, 11) is 1.49. The molecule has 0 bridgehead atoms. The maximum Gasteiger partial charge on any atom is 0.294 e. The Balaban J connectivity index is 1.48. The number of hydrogen-bond donors (Lipinski definition) is 0. The van der Waals surface area contributed by atoms with Crippen molar-refractivity contribution in [3.63, 3.8) is 0 Å². The highest BCUT2D eigenvalue weighted by Crippen LogP contribution is 2.35. The number of hydrogen-bond acceptors (Lipinski definition) is 7. The molecule has 2 aromatic rings. The van der Waals surface area contributed by atoms with Crippen LogP contribution in [0.15, 0.2) is 47.4 Å². The van der Waals surface area contributed by atoms with E-state index in [0.29, 0.717) is 48.9 Å². The van der Waals surface area contributed by atoms with Crippen molar-refractivity contribution in [2.24, 2.45) is 0 Å². The standard InChI is InChI=1S/C24H23FN2O6S/c1-31-19-7-6-16(12-20(19)33-15-17-4-2-3-5-18(17)25)13-21-23(29)27(24(30)34-21)14-22(28)26-8-10-32-11-9-26/h2-7,12-13H,8-11,14-15H2,1H3/b21-13-. The molecular formula is C24H23FN2O6S. The van der Waals surface area contributed by atoms with Gasteiger partial charge in [-0.3, -0.25) is 19.3 Å². The third-order valence-electron chi connectivity index (χ3n) is 5.36. The van der Waals surface area contributed by atoms with Gasteiger partial charge in [0.2, 0.25) is 5.91 Å². The van der Waals surface area contributed by atoms with E-state index in [1.54, 1.807) is 47.4 Å². The van der Waals surface area contributed by atoms with Gasteiger partial charge in [-0.1, -0.05) is 24.3 Å². The van der Waals surface area contributed by atoms with Crippen LogP contribution in [0.4, 0.5) is 9.18 Å². The van der Waals surface area contributed by atoms with Crippen molar-refractivity contribution in [1.82, 2.24) is 9.80 Å². The van der Waals surface area contributed by atoms with Gasteiger partial charge in [0.05, 0.1) is 25.2 Å². The van der Waals surface area contributed by atoms with Crippen molar-refractivity contribution >= 4 is 34.9 Å². The number of amides is 3. The third kappa shape index (κ3) is 5.40. The number of rotatable bonds is 7. The smallest absolute Gasteiger partial charge is 0.294 e. The molecule has 0 aromatic heterocycles. The van der Waals surface area contributed by atoms with E-state index in [2.05, 4.69) is 0 Å². The SMILES string of the molecule is COc1ccc(/C=C2\SC(=O)N(CC(=O)N3CCOCC3)C2=O)cc1OCc1ccccc1F. The summed E-state index contributed by atoms with van der Waals surface area (Å²) in [6.45, 7) is 1.44. The van der Waals surface area contributed by atoms with Gasteiger partial charge >= 0.3 is 0 Å². The second-order valence-corrected chi connectivity index (χ2v) is 8.54. The first-order valence-corrected chi connectivity index (χ1v) is 11.4. The topological polar surface area (TPSA) is 85.4 Å². The Hall–Kier alpha value is -3.37. The zero-order chi connectivity index (χ0) is 24.1. The number of carbonyl (C=O) groups is 3. The van der Waals surface area contributed by atoms with Crippen LogP contribution in [-0.4, -0.2) is 66.8 Å². The lowest BCUT2D eigenvalue weighted by Gasteiger charge is -2.28. The highest BCUT2D eigenvalue weighted by molar-refractivity contribution is 8.18. The molecule has 34 heavy (non-hydrogen) atoms. The molecular weight excluding hydrogens is 463 g/mol. The van der Waals surface area contributed by atoms with Gasteiger partial charge in [0, 0.05) is 18.7 Å². The summed E-state index contributed by atoms with van der Waals surface area (Å²) >= 11 is 0.775. The van der Waals surface area contributed by atoms with Crippen LogP contribution >= 0.6 is 11.8 Å². The molecule has 0 unspecified atom stereocenters. The van der Waals surface area contributed by atoms with Crippen LogP contribution in [0.25, 0.3) is 6.08 Å². The van der Waals surface area contributed by atoms with E-state index in [1.807, 2.05) is 0 Å². The summed E-state index contributed by atoms with van der Waals surface area (Å²) in [5.41, 5.74) is 0.982. The third-order valence-corrected chi connectivity index (χ3v) is 6.26. The zero-order valence-electron chi connectivity index (χ0n) is 18.5. The van der Waals surface area contributed by atoms with E-state index < -0.39 is 11.1 Å². The lowest BCUT2D eigenvalue weighted by atomic mass is 10.1. The van der Waals surface area contributed by atoms with E-state index >= 15 is 0 Å². The molecule has 2 heterocycles. The first kappa shape index (κ1) is 23.8. The fourth-order valence-corrected chi connectivity index (χ4v) is 4.34. The van der Waals surface area contributed by atoms with Crippen molar-refractivity contribution in [3.8, 4) is 11.5 Å². The molecule has 0 N–H and O–H groups in total. The van der Waals surface area contributed by atoms with Crippen molar-refractivity contribution < 1.29 is 33.0 Å². The van der Waals surface area contributed by atoms with Crippen LogP contribution in [0, 0.1) is 5.82 Å². The molecule has 0 spiro atoms. The molecule has 2 aliphatic rings. The van der Waals surface area contributed by atoms with Crippen LogP contribution in [0.2, 0.25) is 0 Å². The van der Waals surface area contributed by atoms with Crippen LogP contribution < -0.4 is 9.47 Å². The monoisotopic (exact) mass is 486 g/mol. The lowest BCUT2D eigenvalue weighted by Crippen LogP contribution is -2.46. The number of morpholine rings is 1. The summed E-state index contributed by atoms with van der Waals surface area (Å²) in [6, 6.07) is 11.3. The van der Waals surface area contributed by atoms with Gasteiger partial charge in [-0.05, 0) is 41.6 Å². The van der Waals surface area contributed by atoms with E-state index in [-0.39, 0.29) is 29.8 Å². The van der Waals surface area contributed by atoms with Gasteiger partial charge in [0.15, 0.2) is 11.5 Å². The molecule has 10 heteroatoms. The average molecular weight is 487 g/mol. The Morgan fingerprint density at radius 3 is 2.65 bits per heavy atom. The summed E-state index contributed by atoms with van der Waals surface area (Å²) in [5.74, 6) is -0.391. The Morgan fingerprint density at radius 1 is 1.15 bits per heavy atom. The number of ether oxygens (including phenoxy) is 3. The van der Waals surface area contributed by atoms with Crippen LogP contribution in [0.3, 0.4) is 0 Å². The molecule has 4 rings (SSSR count). The Kier molecular flexibility index (Phi) is 7.49. The van der Waals surface area contributed by atoms with Crippen molar-refractivity contribution in [1.29, 1.82) is 0 Å². The summed E-state index contributed by atoms with van der Waals surface area (Å²) in [5, 5.41) is -0.498. The predicted molar refractivity (Wildman–Crippen MR) is 124 cm³/mol. The number of imide groups is 1. The van der Waals surface area contributed by atoms with Gasteiger partial charge in [-0.2, -0.15) is 0 Å². The molecule has 0 atom stereocenters. The summed E-state index contributed by atoms with van der Waals surface area (Å²) in [4.78, 5) is 40.4. The van der Waals surface area contributed by atoms with E-state index in [4.69, 9.17) is 14.2 Å². The fourth-order valence-electron chi connectivity index (χ4n) is 3.50. The Labute approximate surface area is 200 Å². The van der Waals surface area contributed by atoms with Crippen LogP contribution in [-0.2, 0) is 20.9 Å². The normalized spacial score (nSPS) is 17.4. The second kappa shape index (κ2) is 10.7. The minimum absolute atomic E-state index is 0.00729. The Morgan fingerprint density at radius 2 is 1.91 bits per heavy atom. The van der Waals surface area contributed by atoms with E-state index in [9.17, 15) is 18.8 Å². The molecule has 0 aliphatic carbocycles. The second-order valence-electron chi connectivity index (χ2n) is 7.55. The molecule has 0 radical (unpaired) electrons. The molecule has 8 nitrogen and oxygen atoms in total. The highest BCUT2D eigenvalue weighted by atomic mass is 32.2. The van der Waals surface area contributed by atoms with Gasteiger partial charge in [0.1, 0.15) is 19.0 Å². The number of methoxy groups -OCH3 is 1. The molecule has 2 aliphatic heterocycles. The highest BCUT2D eigenvalue weighted by Gasteiger charge is 2.37. The molecule has 0 saturated carbocycles. The Bertz CT molecular complexity index is 1130. The molecule has 2 saturated heterocycles. The number of benzene rings is 2. The van der Waals surface area contributed by atoms with Crippen molar-refractivity contribution in [3.05, 3.63) is 64.3 Å². The quantitative estimate of drug-likeness (QED) is 0.555. The fraction of sp³-hybridized carbons (Fsp3) is 0.292. The molecule has 3 amide bonds. The predicted octanol–water partition coefficient (Wildman–Crippen LogP) is 3.31. The van der Waals surface area contributed by atoms with Crippen LogP contribution in [0.1, 0.15) is 11.1 Å². The van der Waals surface area contributed by atoms with Crippen molar-refractivity contribution in [2.75, 3.05) is 40.0 Å². The summed E-state index contributed by atoms with van der Waals surface area (Å²) in [6.07, 6.45) is 1.56. The number of nitrogens with zero attached hydrogens (tertiary/aromatic N) is 2. The average Bonchev–Trinajstić information content (AvgIpc) is 3.11. The first-order chi connectivity index (χ1) is 16.5. The molecule has 2 aromatic carbocycles. The van der Waals surface area contributed by atoms with Gasteiger partial charge in [-0.25, -0.2) is 4.39 Å². The van der Waals surface area contributed by atoms with Gasteiger partial charge in [0.25, 0.3) is 11.1 Å². The molecule has 178 valence electrons. The van der Waals surface area contributed by atoms with E-state index in [1.165, 1.54) is 13.2 Å². The molecule has 2 fully saturated rings. The minimum Gasteiger partial charge on any atom is -0.493 e. The number of halogens is 1. The zero-order valence-corrected chi connectivity index (χ0v) is 19.3. The van der Waals surface area contributed by atoms with Crippen molar-refractivity contribution in [2.45, 2.75) is 6.61 Å². The van der Waals surface area contributed by atoms with Crippen LogP contribution in [0.5, 0.6) is 11.5 Å². The minimum atomic E-state index is -0.527. The summed E-state index contributed by atoms with van der Waals surface area (Å²) < 4.78 is 30.2. The maximum absolute atomic E-state index is 13.9. The van der Waals surface area contributed by atoms with Gasteiger partial charge in [-0.15, -0.1) is 0 Å². The first-order valence-electron chi connectivity index (χ1n) is 10.6.